The molecule has 0 radical (unpaired) electrons. The van der Waals surface area contributed by atoms with Gasteiger partial charge in [0, 0.05) is 36.7 Å². The molecular formula is C19H18ClN3O. The molecule has 3 aromatic rings. The molecule has 0 saturated carbocycles. The highest BCUT2D eigenvalue weighted by Crippen LogP contribution is 2.29. The van der Waals surface area contributed by atoms with E-state index in [1.165, 1.54) is 0 Å². The molecule has 24 heavy (non-hydrogen) atoms. The quantitative estimate of drug-likeness (QED) is 0.545. The summed E-state index contributed by atoms with van der Waals surface area (Å²) in [5, 5.41) is 14.2. The fourth-order valence-corrected chi connectivity index (χ4v) is 2.61. The standard InChI is InChI=1S/C19H18ClN3O/c20-18-10-5-4-9-17(18)19-15(13-21-11-6-12-24)14-23(22-19)16-7-2-1-3-8-16/h1-5,7-10,13-14,24H,6,11-12H2. The van der Waals surface area contributed by atoms with E-state index < -0.39 is 0 Å². The number of benzene rings is 2. The van der Waals surface area contributed by atoms with Crippen LogP contribution < -0.4 is 0 Å². The van der Waals surface area contributed by atoms with Gasteiger partial charge in [-0.15, -0.1) is 0 Å². The Morgan fingerprint density at radius 3 is 2.58 bits per heavy atom. The Labute approximate surface area is 146 Å². The van der Waals surface area contributed by atoms with Gasteiger partial charge >= 0.3 is 0 Å². The highest BCUT2D eigenvalue weighted by molar-refractivity contribution is 6.33. The van der Waals surface area contributed by atoms with E-state index in [9.17, 15) is 0 Å². The molecule has 0 bridgehead atoms. The largest absolute Gasteiger partial charge is 0.396 e. The predicted molar refractivity (Wildman–Crippen MR) is 98.2 cm³/mol. The molecule has 0 aliphatic rings. The minimum atomic E-state index is 0.137. The number of hydrogen-bond donors (Lipinski definition) is 1. The van der Waals surface area contributed by atoms with Crippen LogP contribution in [-0.4, -0.2) is 34.3 Å². The van der Waals surface area contributed by atoms with Crippen LogP contribution in [0.5, 0.6) is 0 Å². The molecule has 0 fully saturated rings. The van der Waals surface area contributed by atoms with Crippen molar-refractivity contribution in [3.63, 3.8) is 0 Å². The fraction of sp³-hybridized carbons (Fsp3) is 0.158. The van der Waals surface area contributed by atoms with Crippen molar-refractivity contribution in [2.45, 2.75) is 6.42 Å². The Morgan fingerprint density at radius 1 is 1.08 bits per heavy atom. The molecule has 0 saturated heterocycles. The first-order valence-electron chi connectivity index (χ1n) is 7.80. The Bertz CT molecular complexity index is 828. The number of aromatic nitrogens is 2. The Kier molecular flexibility index (Phi) is 5.41. The third kappa shape index (κ3) is 3.72. The summed E-state index contributed by atoms with van der Waals surface area (Å²) in [4.78, 5) is 4.37. The van der Waals surface area contributed by atoms with Crippen molar-refractivity contribution in [2.24, 2.45) is 4.99 Å². The molecule has 0 aliphatic heterocycles. The van der Waals surface area contributed by atoms with Gasteiger partial charge in [0.05, 0.1) is 10.7 Å². The first-order chi connectivity index (χ1) is 11.8. The van der Waals surface area contributed by atoms with Crippen LogP contribution in [0.1, 0.15) is 12.0 Å². The SMILES string of the molecule is OCCCN=Cc1cn(-c2ccccc2)nc1-c1ccccc1Cl. The molecule has 1 heterocycles. The fourth-order valence-electron chi connectivity index (χ4n) is 2.38. The van der Waals surface area contributed by atoms with E-state index in [4.69, 9.17) is 21.8 Å². The molecule has 1 N–H and O–H groups in total. The van der Waals surface area contributed by atoms with Crippen LogP contribution in [0.2, 0.25) is 5.02 Å². The van der Waals surface area contributed by atoms with Gasteiger partial charge in [-0.2, -0.15) is 5.10 Å². The van der Waals surface area contributed by atoms with Gasteiger partial charge in [-0.1, -0.05) is 48.0 Å². The summed E-state index contributed by atoms with van der Waals surface area (Å²) in [5.41, 5.74) is 3.53. The van der Waals surface area contributed by atoms with Crippen LogP contribution in [-0.2, 0) is 0 Å². The summed E-state index contributed by atoms with van der Waals surface area (Å²) in [6, 6.07) is 17.5. The summed E-state index contributed by atoms with van der Waals surface area (Å²) in [5.74, 6) is 0. The van der Waals surface area contributed by atoms with Crippen LogP contribution in [0.3, 0.4) is 0 Å². The second-order valence-electron chi connectivity index (χ2n) is 5.31. The maximum Gasteiger partial charge on any atom is 0.103 e. The van der Waals surface area contributed by atoms with Gasteiger partial charge in [0.15, 0.2) is 0 Å². The van der Waals surface area contributed by atoms with Crippen LogP contribution in [0, 0.1) is 0 Å². The van der Waals surface area contributed by atoms with Crippen molar-refractivity contribution in [3.8, 4) is 16.9 Å². The zero-order valence-electron chi connectivity index (χ0n) is 13.1. The van der Waals surface area contributed by atoms with E-state index >= 15 is 0 Å². The first kappa shape index (κ1) is 16.4. The topological polar surface area (TPSA) is 50.4 Å². The molecule has 0 atom stereocenters. The van der Waals surface area contributed by atoms with Crippen molar-refractivity contribution in [2.75, 3.05) is 13.2 Å². The molecule has 5 heteroatoms. The van der Waals surface area contributed by atoms with Gasteiger partial charge in [0.2, 0.25) is 0 Å². The molecule has 2 aromatic carbocycles. The summed E-state index contributed by atoms with van der Waals surface area (Å²) < 4.78 is 1.83. The molecule has 0 amide bonds. The van der Waals surface area contributed by atoms with Crippen molar-refractivity contribution in [1.82, 2.24) is 9.78 Å². The van der Waals surface area contributed by atoms with Crippen LogP contribution >= 0.6 is 11.6 Å². The van der Waals surface area contributed by atoms with Gasteiger partial charge in [0.25, 0.3) is 0 Å². The molecule has 122 valence electrons. The Morgan fingerprint density at radius 2 is 1.83 bits per heavy atom. The van der Waals surface area contributed by atoms with Gasteiger partial charge in [-0.25, -0.2) is 4.68 Å². The minimum absolute atomic E-state index is 0.137. The lowest BCUT2D eigenvalue weighted by Gasteiger charge is -2.02. The highest BCUT2D eigenvalue weighted by Gasteiger charge is 2.13. The second-order valence-corrected chi connectivity index (χ2v) is 5.71. The maximum absolute atomic E-state index is 8.88. The minimum Gasteiger partial charge on any atom is -0.396 e. The molecule has 3 rings (SSSR count). The van der Waals surface area contributed by atoms with Crippen LogP contribution in [0.15, 0.2) is 65.8 Å². The highest BCUT2D eigenvalue weighted by atomic mass is 35.5. The van der Waals surface area contributed by atoms with Crippen molar-refractivity contribution >= 4 is 17.8 Å². The van der Waals surface area contributed by atoms with Gasteiger partial charge < -0.3 is 5.11 Å². The smallest absolute Gasteiger partial charge is 0.103 e. The Balaban J connectivity index is 2.03. The lowest BCUT2D eigenvalue weighted by atomic mass is 10.1. The van der Waals surface area contributed by atoms with E-state index in [0.29, 0.717) is 18.0 Å². The number of para-hydroxylation sites is 1. The molecule has 4 nitrogen and oxygen atoms in total. The van der Waals surface area contributed by atoms with Crippen LogP contribution in [0.25, 0.3) is 16.9 Å². The predicted octanol–water partition coefficient (Wildman–Crippen LogP) is 3.99. The second kappa shape index (κ2) is 7.90. The summed E-state index contributed by atoms with van der Waals surface area (Å²) >= 11 is 6.34. The zero-order valence-corrected chi connectivity index (χ0v) is 13.9. The van der Waals surface area contributed by atoms with Crippen molar-refractivity contribution in [1.29, 1.82) is 0 Å². The van der Waals surface area contributed by atoms with E-state index in [0.717, 1.165) is 22.5 Å². The molecule has 0 spiro atoms. The van der Waals surface area contributed by atoms with Crippen LogP contribution in [0.4, 0.5) is 0 Å². The van der Waals surface area contributed by atoms with E-state index in [1.807, 2.05) is 65.5 Å². The number of halogens is 1. The van der Waals surface area contributed by atoms with Gasteiger partial charge in [-0.05, 0) is 24.6 Å². The lowest BCUT2D eigenvalue weighted by molar-refractivity contribution is 0.291. The zero-order chi connectivity index (χ0) is 16.8. The Hall–Kier alpha value is -2.43. The average molecular weight is 340 g/mol. The summed E-state index contributed by atoms with van der Waals surface area (Å²) in [6.07, 6.45) is 4.38. The first-order valence-corrected chi connectivity index (χ1v) is 8.18. The van der Waals surface area contributed by atoms with Gasteiger partial charge in [-0.3, -0.25) is 4.99 Å². The summed E-state index contributed by atoms with van der Waals surface area (Å²) in [6.45, 7) is 0.715. The number of aliphatic hydroxyl groups is 1. The summed E-state index contributed by atoms with van der Waals surface area (Å²) in [7, 11) is 0. The number of nitrogens with zero attached hydrogens (tertiary/aromatic N) is 3. The normalized spacial score (nSPS) is 11.2. The monoisotopic (exact) mass is 339 g/mol. The number of hydrogen-bond acceptors (Lipinski definition) is 3. The van der Waals surface area contributed by atoms with E-state index in [2.05, 4.69) is 4.99 Å². The maximum atomic E-state index is 8.88. The molecule has 1 aromatic heterocycles. The average Bonchev–Trinajstić information content (AvgIpc) is 3.04. The van der Waals surface area contributed by atoms with Crippen molar-refractivity contribution < 1.29 is 5.11 Å². The van der Waals surface area contributed by atoms with Gasteiger partial charge in [0.1, 0.15) is 5.69 Å². The number of aliphatic hydroxyl groups excluding tert-OH is 1. The molecular weight excluding hydrogens is 322 g/mol. The van der Waals surface area contributed by atoms with E-state index in [-0.39, 0.29) is 6.61 Å². The van der Waals surface area contributed by atoms with E-state index in [1.54, 1.807) is 6.21 Å². The molecule has 0 unspecified atom stereocenters. The van der Waals surface area contributed by atoms with Crippen molar-refractivity contribution in [3.05, 3.63) is 71.4 Å². The third-order valence-corrected chi connectivity index (χ3v) is 3.90. The number of aliphatic imine (C=N–C) groups is 1. The number of rotatable bonds is 6. The third-order valence-electron chi connectivity index (χ3n) is 3.57. The molecule has 0 aliphatic carbocycles. The lowest BCUT2D eigenvalue weighted by Crippen LogP contribution is -1.94.